The lowest BCUT2D eigenvalue weighted by atomic mass is 9.86. The van der Waals surface area contributed by atoms with Crippen molar-refractivity contribution in [1.82, 2.24) is 5.32 Å². The third-order valence-corrected chi connectivity index (χ3v) is 4.41. The lowest BCUT2D eigenvalue weighted by Gasteiger charge is -2.26. The maximum Gasteiger partial charge on any atom is 0.387 e. The van der Waals surface area contributed by atoms with Crippen LogP contribution in [0, 0.1) is 5.41 Å². The zero-order valence-corrected chi connectivity index (χ0v) is 14.2. The molecule has 0 bridgehead atoms. The summed E-state index contributed by atoms with van der Waals surface area (Å²) in [7, 11) is 0. The van der Waals surface area contributed by atoms with Gasteiger partial charge in [-0.05, 0) is 37.5 Å². The van der Waals surface area contributed by atoms with Gasteiger partial charge in [0.15, 0.2) is 0 Å². The molecule has 1 saturated carbocycles. The molecule has 5 nitrogen and oxygen atoms in total. The molecule has 138 valence electrons. The number of esters is 1. The van der Waals surface area contributed by atoms with Crippen LogP contribution >= 0.6 is 0 Å². The second kappa shape index (κ2) is 8.78. The zero-order valence-electron chi connectivity index (χ0n) is 14.2. The minimum atomic E-state index is -2.88. The van der Waals surface area contributed by atoms with Gasteiger partial charge in [0.1, 0.15) is 5.75 Å². The molecular weight excluding hydrogens is 332 g/mol. The maximum atomic E-state index is 12.2. The summed E-state index contributed by atoms with van der Waals surface area (Å²) in [5.74, 6) is -0.425. The van der Waals surface area contributed by atoms with Crippen LogP contribution in [0.15, 0.2) is 24.3 Å². The number of rotatable bonds is 8. The number of amides is 1. The second-order valence-corrected chi connectivity index (χ2v) is 6.18. The molecule has 0 saturated heterocycles. The van der Waals surface area contributed by atoms with Gasteiger partial charge in [-0.1, -0.05) is 25.0 Å². The van der Waals surface area contributed by atoms with Gasteiger partial charge in [-0.2, -0.15) is 8.78 Å². The fraction of sp³-hybridized carbons (Fsp3) is 0.556. The summed E-state index contributed by atoms with van der Waals surface area (Å²) in [6.45, 7) is -0.529. The molecule has 0 atom stereocenters. The molecule has 1 aliphatic carbocycles. The van der Waals surface area contributed by atoms with Crippen molar-refractivity contribution in [2.75, 3.05) is 13.2 Å². The largest absolute Gasteiger partial charge is 0.466 e. The lowest BCUT2D eigenvalue weighted by Crippen LogP contribution is -2.42. The zero-order chi connectivity index (χ0) is 18.3. The van der Waals surface area contributed by atoms with Gasteiger partial charge in [0.05, 0.1) is 18.4 Å². The molecule has 0 heterocycles. The molecule has 1 aromatic carbocycles. The van der Waals surface area contributed by atoms with Gasteiger partial charge >= 0.3 is 12.6 Å². The van der Waals surface area contributed by atoms with E-state index in [1.54, 1.807) is 19.1 Å². The Morgan fingerprint density at radius 2 is 1.84 bits per heavy atom. The quantitative estimate of drug-likeness (QED) is 0.728. The van der Waals surface area contributed by atoms with Crippen molar-refractivity contribution < 1.29 is 27.8 Å². The van der Waals surface area contributed by atoms with Gasteiger partial charge in [0.2, 0.25) is 5.91 Å². The van der Waals surface area contributed by atoms with E-state index in [-0.39, 0.29) is 30.6 Å². The number of ether oxygens (including phenoxy) is 2. The van der Waals surface area contributed by atoms with Crippen molar-refractivity contribution in [1.29, 1.82) is 0 Å². The Morgan fingerprint density at radius 1 is 1.20 bits per heavy atom. The van der Waals surface area contributed by atoms with Crippen molar-refractivity contribution in [2.45, 2.75) is 45.6 Å². The van der Waals surface area contributed by atoms with Gasteiger partial charge in [0.25, 0.3) is 0 Å². The van der Waals surface area contributed by atoms with Gasteiger partial charge in [0, 0.05) is 6.54 Å². The van der Waals surface area contributed by atoms with E-state index >= 15 is 0 Å². The van der Waals surface area contributed by atoms with E-state index < -0.39 is 12.0 Å². The van der Waals surface area contributed by atoms with Crippen LogP contribution in [0.2, 0.25) is 0 Å². The average molecular weight is 355 g/mol. The first-order chi connectivity index (χ1) is 11.9. The SMILES string of the molecule is CCOC(=O)C1(CNC(=O)Cc2ccc(OC(F)F)cc2)CCCC1. The fourth-order valence-electron chi connectivity index (χ4n) is 3.09. The molecule has 0 unspecified atom stereocenters. The van der Waals surface area contributed by atoms with Crippen LogP contribution in [0.5, 0.6) is 5.75 Å². The highest BCUT2D eigenvalue weighted by Gasteiger charge is 2.42. The van der Waals surface area contributed by atoms with Crippen LogP contribution in [0.1, 0.15) is 38.2 Å². The molecule has 25 heavy (non-hydrogen) atoms. The summed E-state index contributed by atoms with van der Waals surface area (Å²) in [5.41, 5.74) is 0.0522. The third kappa shape index (κ3) is 5.41. The Morgan fingerprint density at radius 3 is 2.40 bits per heavy atom. The minimum absolute atomic E-state index is 0.0476. The van der Waals surface area contributed by atoms with E-state index in [0.717, 1.165) is 12.8 Å². The van der Waals surface area contributed by atoms with E-state index in [0.29, 0.717) is 25.0 Å². The first kappa shape index (κ1) is 19.1. The maximum absolute atomic E-state index is 12.2. The van der Waals surface area contributed by atoms with E-state index in [9.17, 15) is 18.4 Å². The molecule has 1 N–H and O–H groups in total. The highest BCUT2D eigenvalue weighted by Crippen LogP contribution is 2.38. The van der Waals surface area contributed by atoms with E-state index in [2.05, 4.69) is 10.1 Å². The van der Waals surface area contributed by atoms with Gasteiger partial charge in [-0.15, -0.1) is 0 Å². The topological polar surface area (TPSA) is 64.6 Å². The number of hydrogen-bond donors (Lipinski definition) is 1. The molecule has 0 radical (unpaired) electrons. The normalized spacial score (nSPS) is 15.8. The number of alkyl halides is 2. The summed E-state index contributed by atoms with van der Waals surface area (Å²) < 4.78 is 33.6. The Balaban J connectivity index is 1.88. The molecule has 0 spiro atoms. The van der Waals surface area contributed by atoms with E-state index in [1.165, 1.54) is 12.1 Å². The van der Waals surface area contributed by atoms with Gasteiger partial charge in [-0.25, -0.2) is 0 Å². The molecule has 0 aromatic heterocycles. The van der Waals surface area contributed by atoms with Crippen LogP contribution in [-0.2, 0) is 20.7 Å². The summed E-state index contributed by atoms with van der Waals surface area (Å²) >= 11 is 0. The highest BCUT2D eigenvalue weighted by molar-refractivity contribution is 5.81. The van der Waals surface area contributed by atoms with E-state index in [4.69, 9.17) is 4.74 Å². The first-order valence-electron chi connectivity index (χ1n) is 8.43. The summed E-state index contributed by atoms with van der Waals surface area (Å²) in [6.07, 6.45) is 3.42. The molecule has 1 aromatic rings. The predicted molar refractivity (Wildman–Crippen MR) is 87.3 cm³/mol. The lowest BCUT2D eigenvalue weighted by molar-refractivity contribution is -0.155. The summed E-state index contributed by atoms with van der Waals surface area (Å²) in [6, 6.07) is 5.92. The van der Waals surface area contributed by atoms with Crippen molar-refractivity contribution in [3.8, 4) is 5.75 Å². The van der Waals surface area contributed by atoms with Gasteiger partial charge in [-0.3, -0.25) is 9.59 Å². The van der Waals surface area contributed by atoms with Crippen LogP contribution in [0.3, 0.4) is 0 Å². The van der Waals surface area contributed by atoms with Crippen LogP contribution in [-0.4, -0.2) is 31.6 Å². The summed E-state index contributed by atoms with van der Waals surface area (Å²) in [4.78, 5) is 24.4. The molecule has 1 aliphatic rings. The number of halogens is 2. The number of hydrogen-bond acceptors (Lipinski definition) is 4. The fourth-order valence-corrected chi connectivity index (χ4v) is 3.09. The minimum Gasteiger partial charge on any atom is -0.466 e. The standard InChI is InChI=1S/C18H23F2NO4/c1-2-24-16(23)18(9-3-4-10-18)12-21-15(22)11-13-5-7-14(8-6-13)25-17(19)20/h5-8,17H,2-4,9-12H2,1H3,(H,21,22). The van der Waals surface area contributed by atoms with Crippen molar-refractivity contribution in [2.24, 2.45) is 5.41 Å². The molecule has 1 amide bonds. The molecule has 0 aliphatic heterocycles. The Hall–Kier alpha value is -2.18. The average Bonchev–Trinajstić information content (AvgIpc) is 3.05. The van der Waals surface area contributed by atoms with Crippen LogP contribution in [0.25, 0.3) is 0 Å². The number of carbonyl (C=O) groups is 2. The summed E-state index contributed by atoms with van der Waals surface area (Å²) in [5, 5.41) is 2.81. The number of nitrogens with one attached hydrogen (secondary N) is 1. The Kier molecular flexibility index (Phi) is 6.73. The Labute approximate surface area is 145 Å². The second-order valence-electron chi connectivity index (χ2n) is 6.18. The Bertz CT molecular complexity index is 583. The third-order valence-electron chi connectivity index (χ3n) is 4.41. The molecule has 2 rings (SSSR count). The highest BCUT2D eigenvalue weighted by atomic mass is 19.3. The van der Waals surface area contributed by atoms with Crippen molar-refractivity contribution >= 4 is 11.9 Å². The van der Waals surface area contributed by atoms with Crippen molar-refractivity contribution in [3.63, 3.8) is 0 Å². The molecule has 7 heteroatoms. The predicted octanol–water partition coefficient (Wildman–Crippen LogP) is 3.07. The van der Waals surface area contributed by atoms with Crippen molar-refractivity contribution in [3.05, 3.63) is 29.8 Å². The first-order valence-corrected chi connectivity index (χ1v) is 8.43. The number of benzene rings is 1. The van der Waals surface area contributed by atoms with E-state index in [1.807, 2.05) is 0 Å². The number of carbonyl (C=O) groups excluding carboxylic acids is 2. The molecular formula is C18H23F2NO4. The molecule has 1 fully saturated rings. The van der Waals surface area contributed by atoms with Crippen LogP contribution in [0.4, 0.5) is 8.78 Å². The smallest absolute Gasteiger partial charge is 0.387 e. The monoisotopic (exact) mass is 355 g/mol. The van der Waals surface area contributed by atoms with Crippen LogP contribution < -0.4 is 10.1 Å². The van der Waals surface area contributed by atoms with Gasteiger partial charge < -0.3 is 14.8 Å².